The first-order chi connectivity index (χ1) is 13.3. The molecule has 1 unspecified atom stereocenters. The first-order valence-corrected chi connectivity index (χ1v) is 8.95. The molecular formula is C22H20FN3O2. The number of hydrogen-bond donors (Lipinski definition) is 2. The van der Waals surface area contributed by atoms with Crippen molar-refractivity contribution in [3.8, 4) is 17.3 Å². The highest BCUT2D eigenvalue weighted by atomic mass is 19.1. The Balaban J connectivity index is 2.27. The van der Waals surface area contributed by atoms with E-state index in [1.54, 1.807) is 0 Å². The summed E-state index contributed by atoms with van der Waals surface area (Å²) in [6.45, 7) is 5.65. The lowest BCUT2D eigenvalue weighted by Gasteiger charge is -2.17. The molecule has 1 heterocycles. The van der Waals surface area contributed by atoms with Gasteiger partial charge in [0.1, 0.15) is 23.5 Å². The van der Waals surface area contributed by atoms with Crippen LogP contribution < -0.4 is 5.32 Å². The Morgan fingerprint density at radius 1 is 1.18 bits per heavy atom. The number of nitriles is 1. The van der Waals surface area contributed by atoms with Gasteiger partial charge < -0.3 is 10.4 Å². The molecular weight excluding hydrogens is 357 g/mol. The minimum atomic E-state index is -1.08. The molecule has 1 aromatic heterocycles. The van der Waals surface area contributed by atoms with Crippen LogP contribution in [0.1, 0.15) is 37.8 Å². The summed E-state index contributed by atoms with van der Waals surface area (Å²) in [4.78, 5) is 15.9. The molecule has 3 aromatic rings. The molecule has 1 atom stereocenters. The van der Waals surface area contributed by atoms with Crippen LogP contribution >= 0.6 is 0 Å². The monoisotopic (exact) mass is 377 g/mol. The maximum absolute atomic E-state index is 13.8. The van der Waals surface area contributed by atoms with Crippen molar-refractivity contribution in [2.45, 2.75) is 32.7 Å². The van der Waals surface area contributed by atoms with Gasteiger partial charge >= 0.3 is 5.97 Å². The predicted octanol–water partition coefficient (Wildman–Crippen LogP) is 4.92. The molecule has 0 saturated heterocycles. The fourth-order valence-electron chi connectivity index (χ4n) is 3.01. The zero-order valence-electron chi connectivity index (χ0n) is 15.8. The van der Waals surface area contributed by atoms with E-state index in [4.69, 9.17) is 0 Å². The number of nitrogens with zero attached hydrogens (tertiary/aromatic N) is 2. The second-order valence-corrected chi connectivity index (χ2v) is 6.96. The van der Waals surface area contributed by atoms with E-state index in [-0.39, 0.29) is 11.3 Å². The molecule has 3 rings (SSSR count). The second kappa shape index (κ2) is 7.65. The van der Waals surface area contributed by atoms with Gasteiger partial charge in [0.2, 0.25) is 0 Å². The van der Waals surface area contributed by atoms with Crippen LogP contribution in [0.15, 0.2) is 42.5 Å². The molecule has 0 saturated carbocycles. The Kier molecular flexibility index (Phi) is 5.27. The lowest BCUT2D eigenvalue weighted by atomic mass is 9.97. The molecule has 0 aliphatic rings. The fraction of sp³-hybridized carbons (Fsp3) is 0.227. The van der Waals surface area contributed by atoms with E-state index in [0.717, 1.165) is 11.1 Å². The highest BCUT2D eigenvalue weighted by Crippen LogP contribution is 2.34. The summed E-state index contributed by atoms with van der Waals surface area (Å²) in [6, 6.07) is 12.9. The zero-order chi connectivity index (χ0) is 20.4. The number of aromatic nitrogens is 1. The van der Waals surface area contributed by atoms with Crippen LogP contribution in [0, 0.1) is 17.1 Å². The van der Waals surface area contributed by atoms with E-state index in [2.05, 4.69) is 30.2 Å². The molecule has 0 aliphatic heterocycles. The summed E-state index contributed by atoms with van der Waals surface area (Å²) in [5.74, 6) is -1.20. The molecule has 0 bridgehead atoms. The number of benzene rings is 2. The van der Waals surface area contributed by atoms with Gasteiger partial charge in [0.15, 0.2) is 0 Å². The lowest BCUT2D eigenvalue weighted by Crippen LogP contribution is -2.26. The van der Waals surface area contributed by atoms with Crippen molar-refractivity contribution in [3.05, 3.63) is 59.4 Å². The molecule has 5 nitrogen and oxygen atoms in total. The van der Waals surface area contributed by atoms with Gasteiger partial charge in [-0.05, 0) is 36.6 Å². The van der Waals surface area contributed by atoms with Gasteiger partial charge in [0.25, 0.3) is 0 Å². The van der Waals surface area contributed by atoms with Crippen molar-refractivity contribution in [1.82, 2.24) is 4.98 Å². The quantitative estimate of drug-likeness (QED) is 0.659. The highest BCUT2D eigenvalue weighted by Gasteiger charge is 2.20. The third-order valence-corrected chi connectivity index (χ3v) is 4.64. The van der Waals surface area contributed by atoms with Gasteiger partial charge in [-0.1, -0.05) is 38.1 Å². The summed E-state index contributed by atoms with van der Waals surface area (Å²) in [5, 5.41) is 22.3. The summed E-state index contributed by atoms with van der Waals surface area (Å²) >= 11 is 0. The Labute approximate surface area is 162 Å². The van der Waals surface area contributed by atoms with Gasteiger partial charge in [0, 0.05) is 10.9 Å². The third-order valence-electron chi connectivity index (χ3n) is 4.64. The van der Waals surface area contributed by atoms with Gasteiger partial charge in [-0.25, -0.2) is 9.37 Å². The third kappa shape index (κ3) is 3.65. The van der Waals surface area contributed by atoms with E-state index < -0.39 is 17.8 Å². The standard InChI is InChI=1S/C22H20FN3O2/c1-12(2)14-4-6-15(7-5-14)20-18(11-24)21(25-13(3)22(27)28)17-10-16(23)8-9-19(17)26-20/h4-10,12-13H,1-3H3,(H,25,26)(H,27,28). The molecule has 2 aromatic carbocycles. The first kappa shape index (κ1) is 19.3. The SMILES string of the molecule is CC(Nc1c(C#N)c(-c2ccc(C(C)C)cc2)nc2ccc(F)cc12)C(=O)O. The summed E-state index contributed by atoms with van der Waals surface area (Å²) in [6.07, 6.45) is 0. The first-order valence-electron chi connectivity index (χ1n) is 8.95. The minimum absolute atomic E-state index is 0.184. The molecule has 2 N–H and O–H groups in total. The Hall–Kier alpha value is -3.46. The van der Waals surface area contributed by atoms with Crippen molar-refractivity contribution < 1.29 is 14.3 Å². The van der Waals surface area contributed by atoms with Gasteiger partial charge in [-0.3, -0.25) is 4.79 Å². The Bertz CT molecular complexity index is 1090. The maximum atomic E-state index is 13.8. The van der Waals surface area contributed by atoms with Crippen LogP contribution in [0.2, 0.25) is 0 Å². The topological polar surface area (TPSA) is 86.0 Å². The summed E-state index contributed by atoms with van der Waals surface area (Å²) in [5.41, 5.74) is 3.25. The summed E-state index contributed by atoms with van der Waals surface area (Å²) < 4.78 is 13.8. The van der Waals surface area contributed by atoms with Crippen LogP contribution in [0.3, 0.4) is 0 Å². The van der Waals surface area contributed by atoms with Crippen LogP contribution in [0.4, 0.5) is 10.1 Å². The molecule has 0 radical (unpaired) electrons. The van der Waals surface area contributed by atoms with Crippen molar-refractivity contribution in [2.75, 3.05) is 5.32 Å². The molecule has 0 spiro atoms. The molecule has 0 fully saturated rings. The largest absolute Gasteiger partial charge is 0.480 e. The number of carboxylic acid groups (broad SMARTS) is 1. The fourth-order valence-corrected chi connectivity index (χ4v) is 3.01. The van der Waals surface area contributed by atoms with E-state index >= 15 is 0 Å². The summed E-state index contributed by atoms with van der Waals surface area (Å²) in [7, 11) is 0. The van der Waals surface area contributed by atoms with Crippen LogP contribution in [0.25, 0.3) is 22.2 Å². The normalized spacial score (nSPS) is 12.0. The van der Waals surface area contributed by atoms with Crippen LogP contribution in [-0.4, -0.2) is 22.1 Å². The number of anilines is 1. The van der Waals surface area contributed by atoms with Gasteiger partial charge in [-0.15, -0.1) is 0 Å². The van der Waals surface area contributed by atoms with Crippen LogP contribution in [0.5, 0.6) is 0 Å². The predicted molar refractivity (Wildman–Crippen MR) is 107 cm³/mol. The molecule has 0 aliphatic carbocycles. The van der Waals surface area contributed by atoms with Crippen molar-refractivity contribution in [2.24, 2.45) is 0 Å². The zero-order valence-corrected chi connectivity index (χ0v) is 15.8. The lowest BCUT2D eigenvalue weighted by molar-refractivity contribution is -0.137. The van der Waals surface area contributed by atoms with Crippen LogP contribution in [-0.2, 0) is 4.79 Å². The smallest absolute Gasteiger partial charge is 0.325 e. The highest BCUT2D eigenvalue weighted by molar-refractivity contribution is 5.99. The number of fused-ring (bicyclic) bond motifs is 1. The number of rotatable bonds is 5. The van der Waals surface area contributed by atoms with E-state index in [1.807, 2.05) is 24.3 Å². The Morgan fingerprint density at radius 3 is 2.43 bits per heavy atom. The van der Waals surface area contributed by atoms with Crippen molar-refractivity contribution >= 4 is 22.6 Å². The number of halogens is 1. The number of nitrogens with one attached hydrogen (secondary N) is 1. The van der Waals surface area contributed by atoms with Crippen molar-refractivity contribution in [3.63, 3.8) is 0 Å². The number of hydrogen-bond acceptors (Lipinski definition) is 4. The number of aliphatic carboxylic acids is 1. The molecule has 6 heteroatoms. The maximum Gasteiger partial charge on any atom is 0.325 e. The van der Waals surface area contributed by atoms with Gasteiger partial charge in [-0.2, -0.15) is 5.26 Å². The van der Waals surface area contributed by atoms with E-state index in [1.165, 1.54) is 25.1 Å². The minimum Gasteiger partial charge on any atom is -0.480 e. The van der Waals surface area contributed by atoms with E-state index in [0.29, 0.717) is 22.5 Å². The second-order valence-electron chi connectivity index (χ2n) is 6.96. The number of pyridine rings is 1. The van der Waals surface area contributed by atoms with E-state index in [9.17, 15) is 19.6 Å². The molecule has 28 heavy (non-hydrogen) atoms. The Morgan fingerprint density at radius 2 is 1.86 bits per heavy atom. The average molecular weight is 377 g/mol. The average Bonchev–Trinajstić information content (AvgIpc) is 2.67. The van der Waals surface area contributed by atoms with Gasteiger partial charge in [0.05, 0.1) is 16.9 Å². The molecule has 142 valence electrons. The van der Waals surface area contributed by atoms with Crippen molar-refractivity contribution in [1.29, 1.82) is 5.26 Å². The number of carbonyl (C=O) groups is 1. The molecule has 0 amide bonds. The number of carboxylic acids is 1.